The van der Waals surface area contributed by atoms with Crippen molar-refractivity contribution in [1.29, 1.82) is 0 Å². The minimum Gasteiger partial charge on any atom is -0.438 e. The fourth-order valence-corrected chi connectivity index (χ4v) is 2.37. The lowest BCUT2D eigenvalue weighted by Gasteiger charge is -2.05. The summed E-state index contributed by atoms with van der Waals surface area (Å²) in [5, 5.41) is 12.5. The van der Waals surface area contributed by atoms with Crippen LogP contribution < -0.4 is 5.55 Å². The summed E-state index contributed by atoms with van der Waals surface area (Å²) in [5.41, 5.74) is 1.42. The monoisotopic (exact) mass is 308 g/mol. The third-order valence-electron chi connectivity index (χ3n) is 3.51. The summed E-state index contributed by atoms with van der Waals surface area (Å²) < 4.78 is 5.92. The highest BCUT2D eigenvalue weighted by atomic mass is 16.6. The number of non-ortho nitro benzene ring substituents is 1. The van der Waals surface area contributed by atoms with Crippen molar-refractivity contribution in [3.63, 3.8) is 0 Å². The number of benzene rings is 2. The summed E-state index contributed by atoms with van der Waals surface area (Å²) in [6, 6.07) is 16.4. The van der Waals surface area contributed by atoms with E-state index in [0.29, 0.717) is 23.2 Å². The van der Waals surface area contributed by atoms with E-state index in [-0.39, 0.29) is 5.69 Å². The van der Waals surface area contributed by atoms with Gasteiger partial charge in [0.15, 0.2) is 0 Å². The summed E-state index contributed by atoms with van der Waals surface area (Å²) in [7, 11) is 0. The fourth-order valence-electron chi connectivity index (χ4n) is 2.37. The molecule has 23 heavy (non-hydrogen) atoms. The van der Waals surface area contributed by atoms with Crippen molar-refractivity contribution in [1.82, 2.24) is 0 Å². The van der Waals surface area contributed by atoms with E-state index in [1.165, 1.54) is 12.1 Å². The lowest BCUT2D eigenvalue weighted by molar-refractivity contribution is -0.384. The lowest BCUT2D eigenvalue weighted by Crippen LogP contribution is -2.05. The molecule has 0 aliphatic rings. The minimum atomic E-state index is -0.409. The molecule has 5 nitrogen and oxygen atoms in total. The van der Waals surface area contributed by atoms with Crippen LogP contribution in [0.5, 0.6) is 0 Å². The van der Waals surface area contributed by atoms with E-state index >= 15 is 0 Å². The molecule has 0 aliphatic carbocycles. The molecule has 2 aromatic carbocycles. The van der Waals surface area contributed by atoms with Gasteiger partial charge in [0.1, 0.15) is 5.76 Å². The molecule has 0 saturated carbocycles. The van der Waals surface area contributed by atoms with Gasteiger partial charge in [-0.15, -0.1) is 0 Å². The molecule has 5 heteroatoms. The number of fused-ring (bicyclic) bond motifs is 1. The zero-order valence-electron chi connectivity index (χ0n) is 12.7. The van der Waals surface area contributed by atoms with Gasteiger partial charge in [-0.05, 0) is 23.9 Å². The Morgan fingerprint density at radius 1 is 1.13 bits per heavy atom. The van der Waals surface area contributed by atoms with Crippen molar-refractivity contribution in [3.05, 3.63) is 70.3 Å². The Bertz CT molecular complexity index is 914. The summed E-state index contributed by atoms with van der Waals surface area (Å²) in [5.74, 6) is 0.696. The summed E-state index contributed by atoms with van der Waals surface area (Å²) >= 11 is 0. The Kier molecular flexibility index (Phi) is 4.19. The molecule has 0 saturated heterocycles. The van der Waals surface area contributed by atoms with Crippen LogP contribution in [0.4, 0.5) is 5.69 Å². The zero-order valence-corrected chi connectivity index (χ0v) is 12.7. The van der Waals surface area contributed by atoms with E-state index in [1.54, 1.807) is 6.07 Å². The molecule has 0 radical (unpaired) electrons. The Morgan fingerprint density at radius 3 is 2.61 bits per heavy atom. The summed E-state index contributed by atoms with van der Waals surface area (Å²) in [6.07, 6.45) is 0.876. The zero-order chi connectivity index (χ0) is 16.2. The van der Waals surface area contributed by atoms with Gasteiger partial charge in [-0.25, -0.2) is 0 Å². The first-order chi connectivity index (χ1) is 11.2. The summed E-state index contributed by atoms with van der Waals surface area (Å²) in [4.78, 5) is 15.0. The molecule has 0 spiro atoms. The molecule has 116 valence electrons. The fraction of sp³-hybridized carbons (Fsp3) is 0.167. The average Bonchev–Trinajstić information content (AvgIpc) is 2.59. The highest BCUT2D eigenvalue weighted by Gasteiger charge is 2.11. The van der Waals surface area contributed by atoms with Crippen LogP contribution >= 0.6 is 0 Å². The average molecular weight is 308 g/mol. The van der Waals surface area contributed by atoms with E-state index in [1.807, 2.05) is 43.3 Å². The van der Waals surface area contributed by atoms with Gasteiger partial charge in [0.05, 0.1) is 10.3 Å². The quantitative estimate of drug-likeness (QED) is 0.532. The van der Waals surface area contributed by atoms with Crippen molar-refractivity contribution < 1.29 is 9.34 Å². The molecule has 0 amide bonds. The van der Waals surface area contributed by atoms with Gasteiger partial charge in [-0.2, -0.15) is 0 Å². The van der Waals surface area contributed by atoms with Gasteiger partial charge in [0, 0.05) is 24.2 Å². The van der Waals surface area contributed by atoms with Crippen LogP contribution in [-0.4, -0.2) is 11.5 Å². The minimum absolute atomic E-state index is 0.0353. The van der Waals surface area contributed by atoms with E-state index in [4.69, 9.17) is 4.42 Å². The van der Waals surface area contributed by atoms with Crippen LogP contribution in [-0.2, 0) is 0 Å². The van der Waals surface area contributed by atoms with Crippen molar-refractivity contribution in [2.24, 2.45) is 4.99 Å². The number of hydrogen-bond acceptors (Lipinski definition) is 4. The molecular weight excluding hydrogens is 292 g/mol. The molecule has 0 fully saturated rings. The number of nitrogens with zero attached hydrogens (tertiary/aromatic N) is 2. The van der Waals surface area contributed by atoms with Gasteiger partial charge in [0.25, 0.3) is 5.69 Å². The van der Waals surface area contributed by atoms with Crippen LogP contribution in [0.2, 0.25) is 0 Å². The molecule has 0 atom stereocenters. The topological polar surface area (TPSA) is 68.6 Å². The van der Waals surface area contributed by atoms with Crippen molar-refractivity contribution in [2.75, 3.05) is 6.54 Å². The van der Waals surface area contributed by atoms with Crippen molar-refractivity contribution in [2.45, 2.75) is 13.3 Å². The van der Waals surface area contributed by atoms with Crippen LogP contribution in [0.15, 0.2) is 64.0 Å². The normalized spacial score (nSPS) is 11.8. The first-order valence-electron chi connectivity index (χ1n) is 7.47. The predicted octanol–water partition coefficient (Wildman–Crippen LogP) is 4.32. The number of nitro benzene ring substituents is 1. The maximum Gasteiger partial charge on any atom is 0.270 e. The molecule has 3 aromatic rings. The number of hydrogen-bond donors (Lipinski definition) is 0. The van der Waals surface area contributed by atoms with Crippen LogP contribution in [0.3, 0.4) is 0 Å². The first-order valence-corrected chi connectivity index (χ1v) is 7.47. The smallest absolute Gasteiger partial charge is 0.270 e. The van der Waals surface area contributed by atoms with Crippen LogP contribution in [0.25, 0.3) is 22.1 Å². The molecule has 0 aliphatic heterocycles. The highest BCUT2D eigenvalue weighted by molar-refractivity contribution is 5.85. The SMILES string of the molecule is CCCN=c1oc(-c2ccccc2)cc2ccc([N+](=O)[O-])cc12. The van der Waals surface area contributed by atoms with E-state index in [9.17, 15) is 10.1 Å². The van der Waals surface area contributed by atoms with E-state index < -0.39 is 4.92 Å². The van der Waals surface area contributed by atoms with Gasteiger partial charge >= 0.3 is 0 Å². The van der Waals surface area contributed by atoms with Crippen molar-refractivity contribution in [3.8, 4) is 11.3 Å². The second kappa shape index (κ2) is 6.44. The molecule has 3 rings (SSSR count). The molecule has 1 heterocycles. The van der Waals surface area contributed by atoms with Crippen LogP contribution in [0, 0.1) is 10.1 Å². The molecule has 0 N–H and O–H groups in total. The third kappa shape index (κ3) is 3.13. The van der Waals surface area contributed by atoms with Gasteiger partial charge in [-0.1, -0.05) is 37.3 Å². The molecule has 1 aromatic heterocycles. The molecule has 0 unspecified atom stereocenters. The Balaban J connectivity index is 2.27. The maximum atomic E-state index is 11.0. The van der Waals surface area contributed by atoms with Crippen LogP contribution in [0.1, 0.15) is 13.3 Å². The van der Waals surface area contributed by atoms with Crippen molar-refractivity contribution >= 4 is 16.5 Å². The Hall–Kier alpha value is -2.95. The maximum absolute atomic E-state index is 11.0. The first kappa shape index (κ1) is 15.0. The Labute approximate surface area is 133 Å². The number of rotatable bonds is 4. The lowest BCUT2D eigenvalue weighted by atomic mass is 10.1. The second-order valence-corrected chi connectivity index (χ2v) is 5.19. The molecular formula is C18H16N2O3. The highest BCUT2D eigenvalue weighted by Crippen LogP contribution is 2.24. The largest absolute Gasteiger partial charge is 0.438 e. The second-order valence-electron chi connectivity index (χ2n) is 5.19. The third-order valence-corrected chi connectivity index (χ3v) is 3.51. The van der Waals surface area contributed by atoms with E-state index in [2.05, 4.69) is 4.99 Å². The van der Waals surface area contributed by atoms with Gasteiger partial charge in [0.2, 0.25) is 5.55 Å². The van der Waals surface area contributed by atoms with E-state index in [0.717, 1.165) is 17.4 Å². The van der Waals surface area contributed by atoms with Gasteiger partial charge in [-0.3, -0.25) is 15.1 Å². The summed E-state index contributed by atoms with van der Waals surface area (Å²) in [6.45, 7) is 2.63. The molecule has 0 bridgehead atoms. The van der Waals surface area contributed by atoms with Gasteiger partial charge < -0.3 is 4.42 Å². The number of nitro groups is 1. The predicted molar refractivity (Wildman–Crippen MR) is 89.0 cm³/mol. The Morgan fingerprint density at radius 2 is 1.91 bits per heavy atom. The standard InChI is InChI=1S/C18H16N2O3/c1-2-10-19-18-16-12-15(20(21)22)9-8-14(16)11-17(23-18)13-6-4-3-5-7-13/h3-9,11-12H,2,10H2,1H3.